The molecule has 0 spiro atoms. The first-order valence-corrected chi connectivity index (χ1v) is 6.40. The summed E-state index contributed by atoms with van der Waals surface area (Å²) in [5, 5.41) is 0. The van der Waals surface area contributed by atoms with Crippen LogP contribution in [0.5, 0.6) is 0 Å². The molecule has 0 fully saturated rings. The van der Waals surface area contributed by atoms with Crippen molar-refractivity contribution in [2.24, 2.45) is 0 Å². The van der Waals surface area contributed by atoms with Crippen LogP contribution in [0.2, 0.25) is 0 Å². The Balaban J connectivity index is 4.46. The molecule has 2 nitrogen and oxygen atoms in total. The van der Waals surface area contributed by atoms with Gasteiger partial charge in [-0.2, -0.15) is 0 Å². The van der Waals surface area contributed by atoms with Crippen molar-refractivity contribution in [2.75, 3.05) is 14.2 Å². The normalized spacial score (nSPS) is 13.8. The number of rotatable bonds is 7. The fourth-order valence-corrected chi connectivity index (χ4v) is 1.41. The second-order valence-corrected chi connectivity index (χ2v) is 4.61. The molecular formula is C17H26O2. The van der Waals surface area contributed by atoms with Crippen LogP contribution in [-0.2, 0) is 9.47 Å². The Labute approximate surface area is 117 Å². The van der Waals surface area contributed by atoms with Crippen LogP contribution in [0.1, 0.15) is 27.7 Å². The second kappa shape index (κ2) is 10.5. The van der Waals surface area contributed by atoms with E-state index in [4.69, 9.17) is 9.47 Å². The van der Waals surface area contributed by atoms with Gasteiger partial charge in [-0.05, 0) is 33.3 Å². The minimum Gasteiger partial charge on any atom is -0.352 e. The van der Waals surface area contributed by atoms with Gasteiger partial charge in [0.1, 0.15) is 0 Å². The maximum atomic E-state index is 5.16. The average molecular weight is 262 g/mol. The highest BCUT2D eigenvalue weighted by Crippen LogP contribution is 2.06. The number of methoxy groups -OCH3 is 2. The molecule has 0 aromatic rings. The van der Waals surface area contributed by atoms with E-state index in [-0.39, 0.29) is 6.29 Å². The van der Waals surface area contributed by atoms with Gasteiger partial charge in [-0.3, -0.25) is 0 Å². The van der Waals surface area contributed by atoms with Crippen molar-refractivity contribution >= 4 is 0 Å². The third-order valence-electron chi connectivity index (χ3n) is 2.42. The molecule has 0 aliphatic carbocycles. The molecule has 0 saturated heterocycles. The van der Waals surface area contributed by atoms with Crippen LogP contribution in [0, 0.1) is 0 Å². The molecule has 0 aliphatic heterocycles. The molecule has 0 saturated carbocycles. The standard InChI is InChI=1S/C17H26O2/c1-14(2)10-9-12-15(3)11-7-8-13-16(4)17(18-5)19-6/h7-13,17H,1-6H3/b8-7+,12-9+,15-11+,16-13+. The summed E-state index contributed by atoms with van der Waals surface area (Å²) >= 11 is 0. The summed E-state index contributed by atoms with van der Waals surface area (Å²) < 4.78 is 10.3. The molecule has 0 radical (unpaired) electrons. The zero-order valence-electron chi connectivity index (χ0n) is 12.9. The van der Waals surface area contributed by atoms with E-state index < -0.39 is 0 Å². The zero-order chi connectivity index (χ0) is 14.7. The van der Waals surface area contributed by atoms with Crippen LogP contribution in [0.15, 0.2) is 59.3 Å². The lowest BCUT2D eigenvalue weighted by Gasteiger charge is -2.12. The van der Waals surface area contributed by atoms with E-state index in [1.54, 1.807) is 14.2 Å². The summed E-state index contributed by atoms with van der Waals surface area (Å²) in [6, 6.07) is 0. The summed E-state index contributed by atoms with van der Waals surface area (Å²) in [5.41, 5.74) is 3.53. The number of hydrogen-bond donors (Lipinski definition) is 0. The Morgan fingerprint density at radius 2 is 1.37 bits per heavy atom. The maximum absolute atomic E-state index is 5.16. The van der Waals surface area contributed by atoms with Gasteiger partial charge in [-0.15, -0.1) is 0 Å². The number of hydrogen-bond acceptors (Lipinski definition) is 2. The number of allylic oxidation sites excluding steroid dienone is 9. The minimum atomic E-state index is -0.271. The third kappa shape index (κ3) is 9.23. The van der Waals surface area contributed by atoms with Crippen molar-refractivity contribution in [3.05, 3.63) is 59.3 Å². The molecule has 0 heterocycles. The van der Waals surface area contributed by atoms with Crippen LogP contribution < -0.4 is 0 Å². The molecule has 0 unspecified atom stereocenters. The topological polar surface area (TPSA) is 18.5 Å². The largest absolute Gasteiger partial charge is 0.352 e. The first-order chi connectivity index (χ1) is 9.01. The van der Waals surface area contributed by atoms with E-state index in [9.17, 15) is 0 Å². The predicted octanol–water partition coefficient (Wildman–Crippen LogP) is 4.58. The first kappa shape index (κ1) is 17.6. The van der Waals surface area contributed by atoms with Crippen LogP contribution in [0.25, 0.3) is 0 Å². The van der Waals surface area contributed by atoms with Gasteiger partial charge < -0.3 is 9.47 Å². The zero-order valence-corrected chi connectivity index (χ0v) is 12.9. The predicted molar refractivity (Wildman–Crippen MR) is 83.0 cm³/mol. The molecule has 0 amide bonds. The Morgan fingerprint density at radius 3 is 1.89 bits per heavy atom. The molecule has 106 valence electrons. The summed E-state index contributed by atoms with van der Waals surface area (Å²) in [7, 11) is 3.26. The van der Waals surface area contributed by atoms with Gasteiger partial charge in [0.05, 0.1) is 0 Å². The molecule has 0 aromatic carbocycles. The molecule has 0 rings (SSSR count). The van der Waals surface area contributed by atoms with Gasteiger partial charge in [-0.1, -0.05) is 53.7 Å². The van der Waals surface area contributed by atoms with Crippen molar-refractivity contribution in [3.63, 3.8) is 0 Å². The van der Waals surface area contributed by atoms with Gasteiger partial charge in [0.2, 0.25) is 0 Å². The van der Waals surface area contributed by atoms with Crippen LogP contribution in [-0.4, -0.2) is 20.5 Å². The van der Waals surface area contributed by atoms with E-state index in [1.165, 1.54) is 11.1 Å². The molecular weight excluding hydrogens is 236 g/mol. The van der Waals surface area contributed by atoms with Gasteiger partial charge in [0.15, 0.2) is 6.29 Å². The summed E-state index contributed by atoms with van der Waals surface area (Å²) in [5.74, 6) is 0. The van der Waals surface area contributed by atoms with Crippen molar-refractivity contribution in [2.45, 2.75) is 34.0 Å². The monoisotopic (exact) mass is 262 g/mol. The maximum Gasteiger partial charge on any atom is 0.179 e. The average Bonchev–Trinajstić information content (AvgIpc) is 2.35. The molecule has 0 bridgehead atoms. The van der Waals surface area contributed by atoms with E-state index in [0.717, 1.165) is 5.57 Å². The molecule has 0 atom stereocenters. The van der Waals surface area contributed by atoms with Gasteiger partial charge in [0, 0.05) is 14.2 Å². The van der Waals surface area contributed by atoms with Gasteiger partial charge in [0.25, 0.3) is 0 Å². The molecule has 19 heavy (non-hydrogen) atoms. The van der Waals surface area contributed by atoms with Crippen molar-refractivity contribution < 1.29 is 9.47 Å². The smallest absolute Gasteiger partial charge is 0.179 e. The minimum absolute atomic E-state index is 0.271. The van der Waals surface area contributed by atoms with E-state index in [0.29, 0.717) is 0 Å². The van der Waals surface area contributed by atoms with Crippen molar-refractivity contribution in [1.82, 2.24) is 0 Å². The lowest BCUT2D eigenvalue weighted by atomic mass is 10.2. The Morgan fingerprint density at radius 1 is 0.789 bits per heavy atom. The number of ether oxygens (including phenoxy) is 2. The first-order valence-electron chi connectivity index (χ1n) is 6.40. The molecule has 0 aromatic heterocycles. The quantitative estimate of drug-likeness (QED) is 0.494. The Kier molecular flexibility index (Phi) is 9.77. The SMILES string of the molecule is COC(OC)/C(C)=C/C=C/C=C(C)/C=C/C=C(C)C. The lowest BCUT2D eigenvalue weighted by molar-refractivity contribution is -0.0746. The van der Waals surface area contributed by atoms with Crippen LogP contribution in [0.3, 0.4) is 0 Å². The van der Waals surface area contributed by atoms with Gasteiger partial charge >= 0.3 is 0 Å². The summed E-state index contributed by atoms with van der Waals surface area (Å²) in [6.07, 6.45) is 14.0. The molecule has 2 heteroatoms. The highest BCUT2D eigenvalue weighted by molar-refractivity contribution is 5.27. The van der Waals surface area contributed by atoms with E-state index in [1.807, 2.05) is 25.2 Å². The fraction of sp³-hybridized carbons (Fsp3) is 0.412. The van der Waals surface area contributed by atoms with Crippen molar-refractivity contribution in [1.29, 1.82) is 0 Å². The highest BCUT2D eigenvalue weighted by Gasteiger charge is 2.04. The molecule has 0 aliphatic rings. The Bertz CT molecular complexity index is 387. The van der Waals surface area contributed by atoms with Crippen molar-refractivity contribution in [3.8, 4) is 0 Å². The van der Waals surface area contributed by atoms with Crippen LogP contribution >= 0.6 is 0 Å². The van der Waals surface area contributed by atoms with Crippen LogP contribution in [0.4, 0.5) is 0 Å². The molecule has 0 N–H and O–H groups in total. The fourth-order valence-electron chi connectivity index (χ4n) is 1.41. The second-order valence-electron chi connectivity index (χ2n) is 4.61. The lowest BCUT2D eigenvalue weighted by Crippen LogP contribution is -2.13. The summed E-state index contributed by atoms with van der Waals surface area (Å²) in [4.78, 5) is 0. The Hall–Kier alpha value is -1.38. The van der Waals surface area contributed by atoms with E-state index in [2.05, 4.69) is 45.1 Å². The van der Waals surface area contributed by atoms with E-state index >= 15 is 0 Å². The highest BCUT2D eigenvalue weighted by atomic mass is 16.7. The third-order valence-corrected chi connectivity index (χ3v) is 2.42. The van der Waals surface area contributed by atoms with Gasteiger partial charge in [-0.25, -0.2) is 0 Å². The summed E-state index contributed by atoms with van der Waals surface area (Å²) in [6.45, 7) is 8.22.